The van der Waals surface area contributed by atoms with Crippen molar-refractivity contribution >= 4 is 34.7 Å². The van der Waals surface area contributed by atoms with Crippen LogP contribution >= 0.6 is 0 Å². The van der Waals surface area contributed by atoms with E-state index in [0.717, 1.165) is 0 Å². The molecule has 0 radical (unpaired) electrons. The monoisotopic (exact) mass is 1140 g/mol. The number of nitrogens with one attached hydrogen (secondary N) is 1. The van der Waals surface area contributed by atoms with Gasteiger partial charge in [-0.3, -0.25) is 14.4 Å². The number of aromatic nitrogens is 1. The second-order valence-corrected chi connectivity index (χ2v) is 22.7. The molecule has 0 spiro atoms. The Morgan fingerprint density at radius 3 is 2.10 bits per heavy atom. The zero-order chi connectivity index (χ0) is 59.6. The highest BCUT2D eigenvalue weighted by Crippen LogP contribution is 2.42. The number of aliphatic hydroxyl groups is 3. The third-order valence-corrected chi connectivity index (χ3v) is 16.5. The minimum Gasteiger partial charge on any atom is -0.491 e. The molecule has 4 heterocycles. The number of carbonyl (C=O) groups is 4. The van der Waals surface area contributed by atoms with Crippen LogP contribution in [0.5, 0.6) is 5.75 Å². The number of carboxylic acids is 1. The maximum atomic E-state index is 14.5. The highest BCUT2D eigenvalue weighted by Gasteiger charge is 2.55. The van der Waals surface area contributed by atoms with Gasteiger partial charge in [0.1, 0.15) is 47.1 Å². The lowest BCUT2D eigenvalue weighted by Crippen LogP contribution is -2.62. The number of alkyl carbamates (subject to hydrolysis) is 1. The van der Waals surface area contributed by atoms with Crippen molar-refractivity contribution in [2.75, 3.05) is 67.9 Å². The average molecular weight is 1140 g/mol. The van der Waals surface area contributed by atoms with E-state index in [2.05, 4.69) is 5.32 Å². The number of amides is 1. The summed E-state index contributed by atoms with van der Waals surface area (Å²) in [5, 5.41) is 47.7. The number of fused-ring (bicyclic) bond motifs is 1. The lowest BCUT2D eigenvalue weighted by atomic mass is 9.74. The van der Waals surface area contributed by atoms with Crippen LogP contribution < -0.4 is 15.5 Å². The van der Waals surface area contributed by atoms with Crippen molar-refractivity contribution in [3.05, 3.63) is 40.2 Å². The molecular formula is C57H91N3O20. The third-order valence-electron chi connectivity index (χ3n) is 16.5. The van der Waals surface area contributed by atoms with Gasteiger partial charge in [-0.05, 0) is 100 Å². The zero-order valence-electron chi connectivity index (χ0n) is 49.5. The van der Waals surface area contributed by atoms with Crippen LogP contribution in [0.1, 0.15) is 112 Å². The van der Waals surface area contributed by atoms with Crippen LogP contribution in [0.15, 0.2) is 29.2 Å². The third kappa shape index (κ3) is 15.6. The van der Waals surface area contributed by atoms with E-state index >= 15 is 0 Å². The molecule has 5 rings (SSSR count). The zero-order valence-corrected chi connectivity index (χ0v) is 49.5. The van der Waals surface area contributed by atoms with E-state index in [0.29, 0.717) is 24.2 Å². The van der Waals surface area contributed by atoms with Crippen molar-refractivity contribution in [3.63, 3.8) is 0 Å². The molecule has 1 aromatic carbocycles. The number of esters is 1. The number of ketones is 1. The van der Waals surface area contributed by atoms with Gasteiger partial charge in [-0.1, -0.05) is 27.7 Å². The van der Waals surface area contributed by atoms with Gasteiger partial charge in [-0.15, -0.1) is 0 Å². The number of cyclic esters (lactones) is 1. The van der Waals surface area contributed by atoms with Crippen LogP contribution in [-0.2, 0) is 63.5 Å². The topological polar surface area (TPSA) is 288 Å². The Kier molecular flexibility index (Phi) is 23.9. The van der Waals surface area contributed by atoms with Crippen molar-refractivity contribution in [1.29, 1.82) is 0 Å². The standard InChI is InChI=1S/C57H91N3O20/c1-16-42-57(11,69)48(64)33(5)44(61)31(3)28-55(9,70-14)49(79-53-46(63)41(59(12)13)26-32(4)75-53)34(6)47(35(7)52(67)77-42)78-43-29-56(10,71-15)50(36(8)76-43)80-54(68)58-20-21-72-22-23-73-24-25-74-37-18-19-40-38(27-37)45(62)39(51(65)66)30-60(40)17-2/h18-19,27,30-36,41-43,46-50,53,63-64,69H,16-17,20-26,28-29H2,1-15H3,(H,58,68)(H,65,66)/t31-,32+,33+,34+,35-,36+,41-,42-,43+,46+,47+,48-,49-,50+,53-,55-,56-,57-/m1/s1. The number of ether oxygens (including phenoxy) is 11. The first-order chi connectivity index (χ1) is 37.6. The summed E-state index contributed by atoms with van der Waals surface area (Å²) < 4.78 is 69.7. The molecular weight excluding hydrogens is 1050 g/mol. The average Bonchev–Trinajstić information content (AvgIpc) is 3.41. The first kappa shape index (κ1) is 66.4. The number of pyridine rings is 1. The van der Waals surface area contributed by atoms with Crippen LogP contribution in [0, 0.1) is 23.7 Å². The minimum atomic E-state index is -2.04. The lowest BCUT2D eigenvalue weighted by Gasteiger charge is -2.50. The van der Waals surface area contributed by atoms with Crippen molar-refractivity contribution in [2.45, 2.75) is 193 Å². The Bertz CT molecular complexity index is 2440. The predicted molar refractivity (Wildman–Crippen MR) is 291 cm³/mol. The predicted octanol–water partition coefficient (Wildman–Crippen LogP) is 4.32. The number of carbonyl (C=O) groups excluding carboxylic acids is 3. The summed E-state index contributed by atoms with van der Waals surface area (Å²) in [5.74, 6) is -5.81. The summed E-state index contributed by atoms with van der Waals surface area (Å²) in [5.41, 5.74) is -4.89. The second-order valence-electron chi connectivity index (χ2n) is 22.7. The van der Waals surface area contributed by atoms with Crippen LogP contribution in [0.4, 0.5) is 4.79 Å². The van der Waals surface area contributed by atoms with E-state index in [1.54, 1.807) is 58.2 Å². The quantitative estimate of drug-likeness (QED) is 0.0859. The molecule has 18 atom stereocenters. The van der Waals surface area contributed by atoms with Gasteiger partial charge >= 0.3 is 18.0 Å². The number of nitrogens with zero attached hydrogens (tertiary/aromatic N) is 2. The number of hydrogen-bond donors (Lipinski definition) is 5. The van der Waals surface area contributed by atoms with E-state index < -0.39 is 119 Å². The first-order valence-electron chi connectivity index (χ1n) is 27.9. The van der Waals surface area contributed by atoms with Gasteiger partial charge in [-0.2, -0.15) is 0 Å². The van der Waals surface area contributed by atoms with Gasteiger partial charge in [0.15, 0.2) is 18.7 Å². The highest BCUT2D eigenvalue weighted by atomic mass is 16.7. The molecule has 1 amide bonds. The summed E-state index contributed by atoms with van der Waals surface area (Å²) in [6, 6.07) is 4.59. The van der Waals surface area contributed by atoms with E-state index in [-0.39, 0.29) is 87.7 Å². The van der Waals surface area contributed by atoms with Crippen LogP contribution in [0.2, 0.25) is 0 Å². The Balaban J connectivity index is 1.25. The molecule has 0 unspecified atom stereocenters. The fourth-order valence-electron chi connectivity index (χ4n) is 11.6. The molecule has 3 aliphatic rings. The molecule has 3 aliphatic heterocycles. The molecule has 454 valence electrons. The SMILES string of the molecule is CC[C@H]1OC(=O)[C@H](C)[C@@H](O[C@H]2C[C@@](C)(OC)[C@@H](OC(=O)NCCOCCOCCOc3ccc4c(c3)c(=O)c(C(=O)O)cn4CC)[C@H](C)O2)[C@H](C)[C@@H](O[C@H]2O[C@@H](C)C[C@@H](N(C)C)[C@@H]2O)[C@](C)(OC)C[C@@H](C)C(=O)[C@H](C)[C@@H](O)[C@]1(C)O. The second kappa shape index (κ2) is 28.7. The summed E-state index contributed by atoms with van der Waals surface area (Å²) in [6.45, 7) is 20.2. The van der Waals surface area contributed by atoms with Crippen LogP contribution in [0.25, 0.3) is 10.9 Å². The number of aliphatic hydroxyl groups excluding tert-OH is 2. The normalized spacial score (nSPS) is 35.8. The number of Topliss-reactive ketones (excluding diaryl/α,β-unsaturated/α-hetero) is 1. The number of likely N-dealkylation sites (N-methyl/N-ethyl adjacent to an activating group) is 1. The molecule has 2 aromatic rings. The van der Waals surface area contributed by atoms with E-state index in [4.69, 9.17) is 52.1 Å². The molecule has 1 aromatic heterocycles. The molecule has 23 heteroatoms. The number of carboxylic acid groups (broad SMARTS) is 1. The fourth-order valence-corrected chi connectivity index (χ4v) is 11.6. The summed E-state index contributed by atoms with van der Waals surface area (Å²) in [6.07, 6.45) is -9.28. The minimum absolute atomic E-state index is 0.00229. The molecule has 80 heavy (non-hydrogen) atoms. The summed E-state index contributed by atoms with van der Waals surface area (Å²) >= 11 is 0. The van der Waals surface area contributed by atoms with Gasteiger partial charge < -0.3 is 87.3 Å². The molecule has 5 N–H and O–H groups in total. The Hall–Kier alpha value is -4.37. The van der Waals surface area contributed by atoms with Gasteiger partial charge in [-0.25, -0.2) is 9.59 Å². The number of benzene rings is 1. The lowest BCUT2D eigenvalue weighted by molar-refractivity contribution is -0.319. The maximum Gasteiger partial charge on any atom is 0.407 e. The first-order valence-corrected chi connectivity index (χ1v) is 27.9. The molecule has 0 bridgehead atoms. The Morgan fingerprint density at radius 1 is 0.850 bits per heavy atom. The molecule has 0 saturated carbocycles. The van der Waals surface area contributed by atoms with E-state index in [1.807, 2.05) is 39.8 Å². The van der Waals surface area contributed by atoms with Crippen LogP contribution in [0.3, 0.4) is 0 Å². The Morgan fingerprint density at radius 2 is 1.49 bits per heavy atom. The summed E-state index contributed by atoms with van der Waals surface area (Å²) in [4.78, 5) is 68.4. The smallest absolute Gasteiger partial charge is 0.407 e. The van der Waals surface area contributed by atoms with E-state index in [9.17, 15) is 44.4 Å². The Labute approximate surface area is 470 Å². The number of aromatic carboxylic acids is 1. The highest BCUT2D eigenvalue weighted by molar-refractivity contribution is 5.93. The number of methoxy groups -OCH3 is 2. The van der Waals surface area contributed by atoms with Crippen LogP contribution in [-0.4, -0.2) is 206 Å². The van der Waals surface area contributed by atoms with Gasteiger partial charge in [0.25, 0.3) is 0 Å². The molecule has 23 nitrogen and oxygen atoms in total. The molecule has 0 aliphatic carbocycles. The van der Waals surface area contributed by atoms with Crippen molar-refractivity contribution < 1.29 is 91.7 Å². The van der Waals surface area contributed by atoms with Crippen molar-refractivity contribution in [2.24, 2.45) is 23.7 Å². The van der Waals surface area contributed by atoms with Crippen molar-refractivity contribution in [3.8, 4) is 5.75 Å². The number of hydrogen-bond acceptors (Lipinski definition) is 20. The number of rotatable bonds is 21. The van der Waals surface area contributed by atoms with Gasteiger partial charge in [0.2, 0.25) is 5.43 Å². The van der Waals surface area contributed by atoms with Crippen molar-refractivity contribution in [1.82, 2.24) is 14.8 Å². The van der Waals surface area contributed by atoms with E-state index in [1.165, 1.54) is 40.3 Å². The molecule has 3 fully saturated rings. The number of aryl methyl sites for hydroxylation is 1. The van der Waals surface area contributed by atoms with Gasteiger partial charge in [0.05, 0.1) is 79.4 Å². The maximum absolute atomic E-state index is 14.5. The van der Waals surface area contributed by atoms with Gasteiger partial charge in [0, 0.05) is 63.7 Å². The fraction of sp³-hybridized carbons (Fsp3) is 0.772. The largest absolute Gasteiger partial charge is 0.491 e. The molecule has 3 saturated heterocycles. The summed E-state index contributed by atoms with van der Waals surface area (Å²) in [7, 11) is 6.67.